The third-order valence-corrected chi connectivity index (χ3v) is 2.45. The summed E-state index contributed by atoms with van der Waals surface area (Å²) in [5.41, 5.74) is 3.00. The van der Waals surface area contributed by atoms with Crippen molar-refractivity contribution in [1.82, 2.24) is 15.6 Å². The number of hydrogen-bond acceptors (Lipinski definition) is 4. The van der Waals surface area contributed by atoms with E-state index in [0.29, 0.717) is 6.04 Å². The molecule has 0 fully saturated rings. The van der Waals surface area contributed by atoms with E-state index in [0.717, 1.165) is 25.3 Å². The summed E-state index contributed by atoms with van der Waals surface area (Å²) >= 11 is 1.64. The Bertz CT molecular complexity index is 211. The second-order valence-corrected chi connectivity index (χ2v) is 3.79. The number of aromatic nitrogens is 1. The molecule has 0 saturated heterocycles. The van der Waals surface area contributed by atoms with Crippen LogP contribution < -0.4 is 10.6 Å². The second kappa shape index (κ2) is 6.07. The van der Waals surface area contributed by atoms with Crippen molar-refractivity contribution in [2.75, 3.05) is 13.1 Å². The van der Waals surface area contributed by atoms with Crippen LogP contribution in [0.15, 0.2) is 10.9 Å². The highest BCUT2D eigenvalue weighted by Crippen LogP contribution is 1.99. The minimum absolute atomic E-state index is 0.502. The molecule has 2 N–H and O–H groups in total. The first-order valence-corrected chi connectivity index (χ1v) is 5.58. The van der Waals surface area contributed by atoms with E-state index in [1.165, 1.54) is 0 Å². The van der Waals surface area contributed by atoms with E-state index < -0.39 is 0 Å². The number of nitrogens with zero attached hydrogens (tertiary/aromatic N) is 1. The van der Waals surface area contributed by atoms with Crippen molar-refractivity contribution in [3.05, 3.63) is 16.6 Å². The standard InChI is InChI=1S/C9H17N3S/c1-3-10-4-8(2)11-5-9-6-13-7-12-9/h6-8,10-11H,3-5H2,1-2H3. The van der Waals surface area contributed by atoms with Gasteiger partial charge in [-0.15, -0.1) is 11.3 Å². The third kappa shape index (κ3) is 4.36. The van der Waals surface area contributed by atoms with Gasteiger partial charge < -0.3 is 10.6 Å². The van der Waals surface area contributed by atoms with Gasteiger partial charge in [0.2, 0.25) is 0 Å². The van der Waals surface area contributed by atoms with Crippen LogP contribution >= 0.6 is 11.3 Å². The second-order valence-electron chi connectivity index (χ2n) is 3.07. The smallest absolute Gasteiger partial charge is 0.0795 e. The maximum Gasteiger partial charge on any atom is 0.0795 e. The molecule has 0 aliphatic rings. The number of thiazole rings is 1. The largest absolute Gasteiger partial charge is 0.315 e. The Morgan fingerprint density at radius 1 is 1.62 bits per heavy atom. The van der Waals surface area contributed by atoms with Gasteiger partial charge >= 0.3 is 0 Å². The molecule has 0 spiro atoms. The predicted octanol–water partition coefficient (Wildman–Crippen LogP) is 1.23. The van der Waals surface area contributed by atoms with E-state index in [2.05, 4.69) is 34.8 Å². The van der Waals surface area contributed by atoms with Crippen molar-refractivity contribution >= 4 is 11.3 Å². The predicted molar refractivity (Wildman–Crippen MR) is 57.0 cm³/mol. The Labute approximate surface area is 83.6 Å². The summed E-state index contributed by atoms with van der Waals surface area (Å²) < 4.78 is 0. The molecule has 1 atom stereocenters. The molecule has 0 aliphatic carbocycles. The normalized spacial score (nSPS) is 13.1. The van der Waals surface area contributed by atoms with E-state index >= 15 is 0 Å². The first-order valence-electron chi connectivity index (χ1n) is 4.64. The molecule has 0 saturated carbocycles. The quantitative estimate of drug-likeness (QED) is 0.723. The maximum atomic E-state index is 4.20. The lowest BCUT2D eigenvalue weighted by Crippen LogP contribution is -2.35. The lowest BCUT2D eigenvalue weighted by atomic mass is 10.3. The van der Waals surface area contributed by atoms with Crippen LogP contribution in [-0.2, 0) is 6.54 Å². The Balaban J connectivity index is 2.11. The molecule has 74 valence electrons. The van der Waals surface area contributed by atoms with Crippen LogP contribution in [0.1, 0.15) is 19.5 Å². The molecular weight excluding hydrogens is 182 g/mol. The minimum Gasteiger partial charge on any atom is -0.315 e. The molecular formula is C9H17N3S. The third-order valence-electron chi connectivity index (χ3n) is 1.82. The van der Waals surface area contributed by atoms with Crippen molar-refractivity contribution in [3.63, 3.8) is 0 Å². The molecule has 0 radical (unpaired) electrons. The molecule has 0 aromatic carbocycles. The summed E-state index contributed by atoms with van der Waals surface area (Å²) in [4.78, 5) is 4.20. The van der Waals surface area contributed by atoms with E-state index in [1.54, 1.807) is 11.3 Å². The highest BCUT2D eigenvalue weighted by atomic mass is 32.1. The number of likely N-dealkylation sites (N-methyl/N-ethyl adjacent to an activating group) is 1. The zero-order valence-corrected chi connectivity index (χ0v) is 9.03. The van der Waals surface area contributed by atoms with Crippen LogP contribution in [0, 0.1) is 0 Å². The Morgan fingerprint density at radius 3 is 3.08 bits per heavy atom. The number of hydrogen-bond donors (Lipinski definition) is 2. The molecule has 1 heterocycles. The van der Waals surface area contributed by atoms with Gasteiger partial charge in [0.15, 0.2) is 0 Å². The van der Waals surface area contributed by atoms with Gasteiger partial charge in [-0.1, -0.05) is 6.92 Å². The molecule has 1 aromatic rings. The molecule has 13 heavy (non-hydrogen) atoms. The maximum absolute atomic E-state index is 4.20. The summed E-state index contributed by atoms with van der Waals surface area (Å²) in [5.74, 6) is 0. The zero-order valence-electron chi connectivity index (χ0n) is 8.21. The van der Waals surface area contributed by atoms with Crippen LogP contribution in [0.25, 0.3) is 0 Å². The van der Waals surface area contributed by atoms with E-state index in [9.17, 15) is 0 Å². The summed E-state index contributed by atoms with van der Waals surface area (Å²) in [5, 5.41) is 8.78. The van der Waals surface area contributed by atoms with Gasteiger partial charge in [0.1, 0.15) is 0 Å². The fraction of sp³-hybridized carbons (Fsp3) is 0.667. The summed E-state index contributed by atoms with van der Waals surface area (Å²) in [7, 11) is 0. The molecule has 4 heteroatoms. The first kappa shape index (κ1) is 10.6. The molecule has 1 aromatic heterocycles. The molecule has 1 unspecified atom stereocenters. The Morgan fingerprint density at radius 2 is 2.46 bits per heavy atom. The van der Waals surface area contributed by atoms with Gasteiger partial charge in [0, 0.05) is 24.5 Å². The Hall–Kier alpha value is -0.450. The molecule has 1 rings (SSSR count). The van der Waals surface area contributed by atoms with E-state index in [-0.39, 0.29) is 0 Å². The van der Waals surface area contributed by atoms with Gasteiger partial charge in [-0.05, 0) is 13.5 Å². The lowest BCUT2D eigenvalue weighted by Gasteiger charge is -2.12. The van der Waals surface area contributed by atoms with Crippen LogP contribution in [-0.4, -0.2) is 24.1 Å². The number of rotatable bonds is 6. The average Bonchev–Trinajstić information content (AvgIpc) is 2.64. The zero-order chi connectivity index (χ0) is 9.52. The van der Waals surface area contributed by atoms with Crippen LogP contribution in [0.3, 0.4) is 0 Å². The van der Waals surface area contributed by atoms with Crippen LogP contribution in [0.2, 0.25) is 0 Å². The summed E-state index contributed by atoms with van der Waals surface area (Å²) in [6.45, 7) is 7.21. The summed E-state index contributed by atoms with van der Waals surface area (Å²) in [6.07, 6.45) is 0. The lowest BCUT2D eigenvalue weighted by molar-refractivity contribution is 0.506. The topological polar surface area (TPSA) is 37.0 Å². The molecule has 0 aliphatic heterocycles. The van der Waals surface area contributed by atoms with Crippen LogP contribution in [0.5, 0.6) is 0 Å². The molecule has 0 amide bonds. The monoisotopic (exact) mass is 199 g/mol. The SMILES string of the molecule is CCNCC(C)NCc1cscn1. The fourth-order valence-electron chi connectivity index (χ4n) is 1.04. The highest BCUT2D eigenvalue weighted by Gasteiger charge is 2.00. The van der Waals surface area contributed by atoms with Crippen LogP contribution in [0.4, 0.5) is 0 Å². The van der Waals surface area contributed by atoms with Gasteiger partial charge in [0.05, 0.1) is 11.2 Å². The van der Waals surface area contributed by atoms with Gasteiger partial charge in [0.25, 0.3) is 0 Å². The minimum atomic E-state index is 0.502. The van der Waals surface area contributed by atoms with Gasteiger partial charge in [-0.2, -0.15) is 0 Å². The van der Waals surface area contributed by atoms with E-state index in [4.69, 9.17) is 0 Å². The fourth-order valence-corrected chi connectivity index (χ4v) is 1.60. The van der Waals surface area contributed by atoms with Gasteiger partial charge in [-0.25, -0.2) is 4.98 Å². The van der Waals surface area contributed by atoms with E-state index in [1.807, 2.05) is 5.51 Å². The van der Waals surface area contributed by atoms with Crippen molar-refractivity contribution < 1.29 is 0 Å². The average molecular weight is 199 g/mol. The molecule has 0 bridgehead atoms. The van der Waals surface area contributed by atoms with Crippen molar-refractivity contribution in [2.24, 2.45) is 0 Å². The first-order chi connectivity index (χ1) is 6.33. The Kier molecular flexibility index (Phi) is 4.97. The highest BCUT2D eigenvalue weighted by molar-refractivity contribution is 7.07. The molecule has 3 nitrogen and oxygen atoms in total. The number of nitrogens with one attached hydrogen (secondary N) is 2. The van der Waals surface area contributed by atoms with Gasteiger partial charge in [-0.3, -0.25) is 0 Å². The van der Waals surface area contributed by atoms with Crippen molar-refractivity contribution in [3.8, 4) is 0 Å². The van der Waals surface area contributed by atoms with Crippen molar-refractivity contribution in [2.45, 2.75) is 26.4 Å². The summed E-state index contributed by atoms with van der Waals surface area (Å²) in [6, 6.07) is 0.502. The van der Waals surface area contributed by atoms with Crippen molar-refractivity contribution in [1.29, 1.82) is 0 Å².